The van der Waals surface area contributed by atoms with Crippen molar-refractivity contribution >= 4 is 0 Å². The summed E-state index contributed by atoms with van der Waals surface area (Å²) in [6, 6.07) is 12.9. The van der Waals surface area contributed by atoms with Crippen molar-refractivity contribution in [3.63, 3.8) is 0 Å². The van der Waals surface area contributed by atoms with Crippen LogP contribution in [0.15, 0.2) is 72.8 Å². The summed E-state index contributed by atoms with van der Waals surface area (Å²) >= 11 is 0. The Morgan fingerprint density at radius 3 is 1.80 bits per heavy atom. The Kier molecular flexibility index (Phi) is 7.72. The predicted octanol–water partition coefficient (Wildman–Crippen LogP) is 8.46. The van der Waals surface area contributed by atoms with Gasteiger partial charge in [0.2, 0.25) is 0 Å². The molecule has 0 fully saturated rings. The van der Waals surface area contributed by atoms with Crippen molar-refractivity contribution in [1.29, 1.82) is 0 Å². The van der Waals surface area contributed by atoms with E-state index >= 15 is 0 Å². The van der Waals surface area contributed by atoms with Crippen LogP contribution in [-0.4, -0.2) is 6.11 Å². The molecule has 3 aromatic rings. The predicted molar refractivity (Wildman–Crippen MR) is 113 cm³/mol. The normalized spacial score (nSPS) is 11.8. The zero-order valence-corrected chi connectivity index (χ0v) is 18.1. The second-order valence-electron chi connectivity index (χ2n) is 7.46. The minimum absolute atomic E-state index is 0.171. The molecule has 0 aliphatic carbocycles. The van der Waals surface area contributed by atoms with E-state index < -0.39 is 53.1 Å². The fraction of sp³-hybridized carbons (Fsp3) is 0.200. The van der Waals surface area contributed by atoms with Crippen molar-refractivity contribution in [3.05, 3.63) is 95.6 Å². The lowest BCUT2D eigenvalue weighted by Gasteiger charge is -2.20. The molecule has 0 aromatic heterocycles. The number of hydrogen-bond donors (Lipinski definition) is 0. The van der Waals surface area contributed by atoms with Crippen molar-refractivity contribution in [2.24, 2.45) is 0 Å². The molecule has 0 spiro atoms. The average molecular weight is 502 g/mol. The summed E-state index contributed by atoms with van der Waals surface area (Å²) in [5.74, 6) is -6.49. The summed E-state index contributed by atoms with van der Waals surface area (Å²) in [5.41, 5.74) is 1.93. The molecule has 0 unspecified atom stereocenters. The molecule has 0 N–H and O–H groups in total. The molecule has 0 atom stereocenters. The van der Waals surface area contributed by atoms with Crippen LogP contribution in [0.3, 0.4) is 0 Å². The Labute approximate surface area is 195 Å². The molecule has 3 rings (SSSR count). The summed E-state index contributed by atoms with van der Waals surface area (Å²) in [5, 5.41) is 0. The number of hydrogen-bond acceptors (Lipinski definition) is 2. The first kappa shape index (κ1) is 26.1. The van der Waals surface area contributed by atoms with E-state index in [1.54, 1.807) is 0 Å². The van der Waals surface area contributed by atoms with Crippen LogP contribution >= 0.6 is 0 Å². The lowest BCUT2D eigenvalue weighted by Crippen LogP contribution is -2.24. The lowest BCUT2D eigenvalue weighted by atomic mass is 10.0. The highest BCUT2D eigenvalue weighted by molar-refractivity contribution is 5.64. The highest BCUT2D eigenvalue weighted by Crippen LogP contribution is 2.37. The van der Waals surface area contributed by atoms with Crippen molar-refractivity contribution in [3.8, 4) is 22.6 Å². The quantitative estimate of drug-likeness (QED) is 0.273. The van der Waals surface area contributed by atoms with Gasteiger partial charge in [0.25, 0.3) is 6.08 Å². The van der Waals surface area contributed by atoms with Gasteiger partial charge in [-0.3, -0.25) is 0 Å². The molecule has 0 saturated carbocycles. The maximum absolute atomic E-state index is 14.6. The standard InChI is InChI=1S/C25H18F8O2/c1-2-3-15-4-6-16(7-5-15)17-8-10-18(11-9-17)25(32,33)34-19-12-20(26)23(21(27)13-19)35-24(30,31)14-22(28)29/h4-14H,2-3H2,1H3. The summed E-state index contributed by atoms with van der Waals surface area (Å²) in [4.78, 5) is 0. The van der Waals surface area contributed by atoms with E-state index in [9.17, 15) is 35.1 Å². The van der Waals surface area contributed by atoms with Gasteiger partial charge in [0.1, 0.15) is 5.75 Å². The van der Waals surface area contributed by atoms with Gasteiger partial charge in [-0.2, -0.15) is 26.3 Å². The minimum atomic E-state index is -4.75. The van der Waals surface area contributed by atoms with Crippen molar-refractivity contribution < 1.29 is 44.6 Å². The molecular formula is C25H18F8O2. The van der Waals surface area contributed by atoms with E-state index in [4.69, 9.17) is 0 Å². The number of benzene rings is 3. The van der Waals surface area contributed by atoms with Gasteiger partial charge in [0.05, 0.1) is 11.6 Å². The molecule has 3 aromatic carbocycles. The smallest absolute Gasteiger partial charge is 0.426 e. The summed E-state index contributed by atoms with van der Waals surface area (Å²) in [7, 11) is 0. The molecule has 186 valence electrons. The van der Waals surface area contributed by atoms with Crippen LogP contribution in [0.25, 0.3) is 11.1 Å². The summed E-state index contributed by atoms with van der Waals surface area (Å²) in [6.07, 6.45) is -10.7. The first-order valence-corrected chi connectivity index (χ1v) is 10.3. The second kappa shape index (κ2) is 10.4. The fourth-order valence-electron chi connectivity index (χ4n) is 3.20. The number of halogens is 8. The Morgan fingerprint density at radius 2 is 1.31 bits per heavy atom. The van der Waals surface area contributed by atoms with Gasteiger partial charge in [0.15, 0.2) is 17.4 Å². The largest absolute Gasteiger partial charge is 0.429 e. The summed E-state index contributed by atoms with van der Waals surface area (Å²) < 4.78 is 116. The van der Waals surface area contributed by atoms with E-state index in [2.05, 4.69) is 9.47 Å². The molecule has 0 saturated heterocycles. The van der Waals surface area contributed by atoms with Gasteiger partial charge in [0, 0.05) is 12.1 Å². The van der Waals surface area contributed by atoms with E-state index in [1.165, 1.54) is 12.1 Å². The molecule has 2 nitrogen and oxygen atoms in total. The van der Waals surface area contributed by atoms with E-state index in [0.29, 0.717) is 5.56 Å². The third kappa shape index (κ3) is 6.74. The first-order valence-electron chi connectivity index (χ1n) is 10.3. The second-order valence-corrected chi connectivity index (χ2v) is 7.46. The SMILES string of the molecule is CCCc1ccc(-c2ccc(C(F)(F)Oc3cc(F)c(OC(F)(F)C=C(F)F)c(F)c3)cc2)cc1. The van der Waals surface area contributed by atoms with Gasteiger partial charge >= 0.3 is 12.2 Å². The molecule has 0 heterocycles. The highest BCUT2D eigenvalue weighted by Gasteiger charge is 2.37. The van der Waals surface area contributed by atoms with Crippen molar-refractivity contribution in [2.75, 3.05) is 0 Å². The van der Waals surface area contributed by atoms with Crippen molar-refractivity contribution in [2.45, 2.75) is 32.0 Å². The molecule has 0 bridgehead atoms. The zero-order chi connectivity index (χ0) is 25.8. The molecular weight excluding hydrogens is 484 g/mol. The van der Waals surface area contributed by atoms with Gasteiger partial charge in [-0.1, -0.05) is 49.7 Å². The Morgan fingerprint density at radius 1 is 0.800 bits per heavy atom. The van der Waals surface area contributed by atoms with E-state index in [0.717, 1.165) is 36.1 Å². The molecule has 0 aliphatic rings. The average Bonchev–Trinajstić information content (AvgIpc) is 2.76. The van der Waals surface area contributed by atoms with E-state index in [-0.39, 0.29) is 12.1 Å². The third-order valence-electron chi connectivity index (χ3n) is 4.78. The molecule has 35 heavy (non-hydrogen) atoms. The van der Waals surface area contributed by atoms with E-state index in [1.807, 2.05) is 31.2 Å². The number of alkyl halides is 4. The Hall–Kier alpha value is -3.56. The van der Waals surface area contributed by atoms with Crippen LogP contribution in [0, 0.1) is 11.6 Å². The molecule has 0 radical (unpaired) electrons. The molecule has 0 amide bonds. The van der Waals surface area contributed by atoms with Crippen LogP contribution in [0.2, 0.25) is 0 Å². The maximum atomic E-state index is 14.6. The number of rotatable bonds is 9. The van der Waals surface area contributed by atoms with Crippen LogP contribution in [0.5, 0.6) is 11.5 Å². The van der Waals surface area contributed by atoms with Gasteiger partial charge in [-0.15, -0.1) is 0 Å². The third-order valence-corrected chi connectivity index (χ3v) is 4.78. The van der Waals surface area contributed by atoms with Gasteiger partial charge in [-0.25, -0.2) is 8.78 Å². The number of aryl methyl sites for hydroxylation is 1. The Balaban J connectivity index is 1.77. The topological polar surface area (TPSA) is 18.5 Å². The summed E-state index contributed by atoms with van der Waals surface area (Å²) in [6.45, 7) is 2.05. The van der Waals surface area contributed by atoms with Crippen molar-refractivity contribution in [1.82, 2.24) is 0 Å². The maximum Gasteiger partial charge on any atom is 0.426 e. The zero-order valence-electron chi connectivity index (χ0n) is 18.1. The lowest BCUT2D eigenvalue weighted by molar-refractivity contribution is -0.185. The monoisotopic (exact) mass is 502 g/mol. The highest BCUT2D eigenvalue weighted by atomic mass is 19.3. The molecule has 10 heteroatoms. The Bertz CT molecular complexity index is 1160. The van der Waals surface area contributed by atoms with Crippen LogP contribution < -0.4 is 9.47 Å². The van der Waals surface area contributed by atoms with Crippen LogP contribution in [0.1, 0.15) is 24.5 Å². The first-order chi connectivity index (χ1) is 16.4. The minimum Gasteiger partial charge on any atom is -0.429 e. The van der Waals surface area contributed by atoms with Gasteiger partial charge in [-0.05, 0) is 35.2 Å². The van der Waals surface area contributed by atoms with Gasteiger partial charge < -0.3 is 9.47 Å². The number of ether oxygens (including phenoxy) is 2. The van der Waals surface area contributed by atoms with Crippen LogP contribution in [-0.2, 0) is 12.5 Å². The van der Waals surface area contributed by atoms with Crippen LogP contribution in [0.4, 0.5) is 35.1 Å². The fourth-order valence-corrected chi connectivity index (χ4v) is 3.20. The molecule has 0 aliphatic heterocycles.